The van der Waals surface area contributed by atoms with E-state index in [9.17, 15) is 14.7 Å². The molecule has 0 radical (unpaired) electrons. The molecule has 27 heavy (non-hydrogen) atoms. The van der Waals surface area contributed by atoms with Crippen molar-refractivity contribution in [1.82, 2.24) is 0 Å². The average molecular weight is 440 g/mol. The first-order chi connectivity index (χ1) is 12.9. The third-order valence-corrected chi connectivity index (χ3v) is 6.42. The van der Waals surface area contributed by atoms with Gasteiger partial charge in [-0.1, -0.05) is 48.7 Å². The van der Waals surface area contributed by atoms with Crippen molar-refractivity contribution in [3.8, 4) is 11.1 Å². The predicted molar refractivity (Wildman–Crippen MR) is 113 cm³/mol. The molecule has 0 fully saturated rings. The van der Waals surface area contributed by atoms with Crippen molar-refractivity contribution in [1.29, 1.82) is 0 Å². The van der Waals surface area contributed by atoms with Crippen LogP contribution in [-0.4, -0.2) is 17.0 Å². The smallest absolute Gasteiger partial charge is 0.339 e. The Morgan fingerprint density at radius 2 is 1.81 bits per heavy atom. The van der Waals surface area contributed by atoms with Gasteiger partial charge in [0, 0.05) is 21.3 Å². The van der Waals surface area contributed by atoms with Gasteiger partial charge in [0.05, 0.1) is 9.90 Å². The van der Waals surface area contributed by atoms with E-state index in [2.05, 4.69) is 5.32 Å². The lowest BCUT2D eigenvalue weighted by Gasteiger charge is -2.07. The summed E-state index contributed by atoms with van der Waals surface area (Å²) in [7, 11) is 0. The van der Waals surface area contributed by atoms with Crippen LogP contribution in [0.15, 0.2) is 35.0 Å². The van der Waals surface area contributed by atoms with Gasteiger partial charge in [-0.3, -0.25) is 4.79 Å². The van der Waals surface area contributed by atoms with Crippen molar-refractivity contribution < 1.29 is 14.7 Å². The number of aromatic carboxylic acids is 1. The van der Waals surface area contributed by atoms with E-state index >= 15 is 0 Å². The molecule has 3 aromatic rings. The third-order valence-electron chi connectivity index (χ3n) is 3.97. The number of carbonyl (C=O) groups excluding carboxylic acids is 1. The van der Waals surface area contributed by atoms with Crippen LogP contribution in [0, 0.1) is 0 Å². The van der Waals surface area contributed by atoms with Crippen molar-refractivity contribution in [3.05, 3.63) is 61.1 Å². The maximum absolute atomic E-state index is 12.7. The summed E-state index contributed by atoms with van der Waals surface area (Å²) in [6.45, 7) is 2.01. The molecule has 0 aliphatic heterocycles. The Kier molecular flexibility index (Phi) is 6.22. The van der Waals surface area contributed by atoms with Gasteiger partial charge in [-0.2, -0.15) is 0 Å². The minimum atomic E-state index is -1.10. The summed E-state index contributed by atoms with van der Waals surface area (Å²) >= 11 is 14.6. The van der Waals surface area contributed by atoms with Gasteiger partial charge in [0.1, 0.15) is 10.6 Å². The molecule has 0 bridgehead atoms. The van der Waals surface area contributed by atoms with Gasteiger partial charge in [0.2, 0.25) is 0 Å². The lowest BCUT2D eigenvalue weighted by molar-refractivity contribution is 0.0699. The van der Waals surface area contributed by atoms with Crippen LogP contribution >= 0.6 is 45.9 Å². The number of amides is 1. The molecule has 0 atom stereocenters. The Morgan fingerprint density at radius 3 is 2.44 bits per heavy atom. The number of thiophene rings is 2. The van der Waals surface area contributed by atoms with Gasteiger partial charge in [0.25, 0.3) is 5.91 Å². The van der Waals surface area contributed by atoms with Crippen LogP contribution in [0.4, 0.5) is 5.00 Å². The van der Waals surface area contributed by atoms with E-state index in [-0.39, 0.29) is 11.5 Å². The van der Waals surface area contributed by atoms with Crippen LogP contribution in [0.3, 0.4) is 0 Å². The number of benzene rings is 1. The maximum atomic E-state index is 12.7. The SMILES string of the molecule is CCCc1c(C(=O)Nc2scc(-c3ccc(Cl)cc3)c2C(=O)O)csc1Cl. The molecule has 0 saturated carbocycles. The van der Waals surface area contributed by atoms with E-state index in [1.54, 1.807) is 35.0 Å². The third kappa shape index (κ3) is 4.19. The summed E-state index contributed by atoms with van der Waals surface area (Å²) < 4.78 is 0.591. The highest BCUT2D eigenvalue weighted by Gasteiger charge is 2.23. The van der Waals surface area contributed by atoms with E-state index in [1.165, 1.54) is 22.7 Å². The molecule has 1 aromatic carbocycles. The minimum Gasteiger partial charge on any atom is -0.478 e. The topological polar surface area (TPSA) is 66.4 Å². The number of carboxylic acid groups (broad SMARTS) is 1. The standard InChI is InChI=1S/C19H15Cl2NO3S2/c1-2-3-12-14(9-26-16(12)21)17(23)22-18-15(19(24)25)13(8-27-18)10-4-6-11(20)7-5-10/h4-9H,2-3H2,1H3,(H,22,23)(H,24,25). The Labute approximate surface area is 174 Å². The second-order valence-corrected chi connectivity index (χ2v) is 8.57. The Balaban J connectivity index is 1.95. The molecule has 3 rings (SSSR count). The zero-order chi connectivity index (χ0) is 19.6. The largest absolute Gasteiger partial charge is 0.478 e. The van der Waals surface area contributed by atoms with Gasteiger partial charge in [-0.05, 0) is 29.7 Å². The van der Waals surface area contributed by atoms with Crippen molar-refractivity contribution in [2.45, 2.75) is 19.8 Å². The van der Waals surface area contributed by atoms with E-state index in [0.717, 1.165) is 17.5 Å². The zero-order valence-electron chi connectivity index (χ0n) is 14.2. The van der Waals surface area contributed by atoms with Crippen LogP contribution in [0.2, 0.25) is 9.36 Å². The molecule has 0 spiro atoms. The molecule has 0 aliphatic rings. The van der Waals surface area contributed by atoms with Crippen LogP contribution in [-0.2, 0) is 6.42 Å². The Hall–Kier alpha value is -1.86. The van der Waals surface area contributed by atoms with Gasteiger partial charge in [0.15, 0.2) is 0 Å². The van der Waals surface area contributed by atoms with Gasteiger partial charge < -0.3 is 10.4 Å². The number of rotatable bonds is 6. The molecule has 2 N–H and O–H groups in total. The van der Waals surface area contributed by atoms with Crippen LogP contribution in [0.5, 0.6) is 0 Å². The number of hydrogen-bond acceptors (Lipinski definition) is 4. The average Bonchev–Trinajstić information content (AvgIpc) is 3.20. The molecule has 0 unspecified atom stereocenters. The molecule has 2 heterocycles. The molecule has 0 aliphatic carbocycles. The maximum Gasteiger partial charge on any atom is 0.339 e. The van der Waals surface area contributed by atoms with E-state index < -0.39 is 5.97 Å². The summed E-state index contributed by atoms with van der Waals surface area (Å²) in [5, 5.41) is 16.7. The molecule has 1 amide bonds. The summed E-state index contributed by atoms with van der Waals surface area (Å²) in [5.74, 6) is -1.46. The zero-order valence-corrected chi connectivity index (χ0v) is 17.4. The Morgan fingerprint density at radius 1 is 1.11 bits per heavy atom. The van der Waals surface area contributed by atoms with Crippen LogP contribution in [0.1, 0.15) is 39.6 Å². The van der Waals surface area contributed by atoms with Crippen molar-refractivity contribution in [2.75, 3.05) is 5.32 Å². The molecular formula is C19H15Cl2NO3S2. The van der Waals surface area contributed by atoms with Crippen molar-refractivity contribution in [3.63, 3.8) is 0 Å². The number of anilines is 1. The van der Waals surface area contributed by atoms with Crippen LogP contribution in [0.25, 0.3) is 11.1 Å². The first-order valence-electron chi connectivity index (χ1n) is 8.10. The quantitative estimate of drug-likeness (QED) is 0.449. The lowest BCUT2D eigenvalue weighted by Crippen LogP contribution is -2.14. The van der Waals surface area contributed by atoms with E-state index in [0.29, 0.717) is 31.9 Å². The summed E-state index contributed by atoms with van der Waals surface area (Å²) in [6.07, 6.45) is 1.55. The number of carboxylic acids is 1. The molecule has 4 nitrogen and oxygen atoms in total. The van der Waals surface area contributed by atoms with E-state index in [1.807, 2.05) is 6.92 Å². The number of halogens is 2. The fraction of sp³-hybridized carbons (Fsp3) is 0.158. The highest BCUT2D eigenvalue weighted by atomic mass is 35.5. The number of nitrogens with one attached hydrogen (secondary N) is 1. The fourth-order valence-corrected chi connectivity index (χ4v) is 4.94. The first-order valence-corrected chi connectivity index (χ1v) is 10.6. The first kappa shape index (κ1) is 19.9. The Bertz CT molecular complexity index is 993. The minimum absolute atomic E-state index is 0.0639. The highest BCUT2D eigenvalue weighted by Crippen LogP contribution is 2.37. The summed E-state index contributed by atoms with van der Waals surface area (Å²) in [6, 6.07) is 6.90. The second kappa shape index (κ2) is 8.44. The summed E-state index contributed by atoms with van der Waals surface area (Å²) in [4.78, 5) is 24.6. The monoisotopic (exact) mass is 439 g/mol. The number of hydrogen-bond donors (Lipinski definition) is 2. The van der Waals surface area contributed by atoms with Crippen molar-refractivity contribution >= 4 is 62.8 Å². The molecule has 2 aromatic heterocycles. The van der Waals surface area contributed by atoms with Gasteiger partial charge in [-0.15, -0.1) is 22.7 Å². The van der Waals surface area contributed by atoms with Crippen LogP contribution < -0.4 is 5.32 Å². The summed E-state index contributed by atoms with van der Waals surface area (Å²) in [5.41, 5.74) is 2.61. The highest BCUT2D eigenvalue weighted by molar-refractivity contribution is 7.15. The lowest BCUT2D eigenvalue weighted by atomic mass is 10.0. The molecule has 0 saturated heterocycles. The molecule has 8 heteroatoms. The van der Waals surface area contributed by atoms with Gasteiger partial charge in [-0.25, -0.2) is 4.79 Å². The normalized spacial score (nSPS) is 10.8. The molecule has 140 valence electrons. The number of carbonyl (C=O) groups is 2. The van der Waals surface area contributed by atoms with Gasteiger partial charge >= 0.3 is 5.97 Å². The molecular weight excluding hydrogens is 425 g/mol. The fourth-order valence-electron chi connectivity index (χ4n) is 2.71. The second-order valence-electron chi connectivity index (χ2n) is 5.77. The van der Waals surface area contributed by atoms with Crippen molar-refractivity contribution in [2.24, 2.45) is 0 Å². The predicted octanol–water partition coefficient (Wildman–Crippen LogP) is 6.69. The van der Waals surface area contributed by atoms with E-state index in [4.69, 9.17) is 23.2 Å².